The summed E-state index contributed by atoms with van der Waals surface area (Å²) < 4.78 is 0. The van der Waals surface area contributed by atoms with E-state index in [-0.39, 0.29) is 11.8 Å². The van der Waals surface area contributed by atoms with Crippen LogP contribution in [0.5, 0.6) is 0 Å². The molecule has 2 rings (SSSR count). The fourth-order valence-electron chi connectivity index (χ4n) is 1.38. The second-order valence-corrected chi connectivity index (χ2v) is 3.43. The van der Waals surface area contributed by atoms with Crippen LogP contribution in [-0.4, -0.2) is 16.1 Å². The smallest absolute Gasteiger partial charge is 0.223 e. The van der Waals surface area contributed by atoms with E-state index in [1.807, 2.05) is 6.07 Å². The lowest BCUT2D eigenvalue weighted by Crippen LogP contribution is -2.34. The molecule has 4 heteroatoms. The molecule has 0 aliphatic heterocycles. The highest BCUT2D eigenvalue weighted by Gasteiger charge is 2.24. The first kappa shape index (κ1) is 8.29. The van der Waals surface area contributed by atoms with Gasteiger partial charge in [0.25, 0.3) is 0 Å². The van der Waals surface area contributed by atoms with Crippen molar-refractivity contribution in [2.45, 2.75) is 25.8 Å². The molecule has 1 aliphatic rings. The molecule has 1 aromatic heterocycles. The van der Waals surface area contributed by atoms with E-state index in [2.05, 4.69) is 15.5 Å². The molecule has 0 aromatic carbocycles. The molecule has 0 saturated heterocycles. The Labute approximate surface area is 76.7 Å². The number of aromatic nitrogens is 2. The standard InChI is InChI=1S/C9H13N3O/c13-9(7-2-1-3-7)10-6-8-4-5-11-12-8/h4-5,7H,1-3,6H2,(H,10,13)(H,11,12). The average molecular weight is 179 g/mol. The van der Waals surface area contributed by atoms with Gasteiger partial charge in [0.05, 0.1) is 12.2 Å². The van der Waals surface area contributed by atoms with Crippen molar-refractivity contribution in [1.82, 2.24) is 15.5 Å². The van der Waals surface area contributed by atoms with E-state index in [9.17, 15) is 4.79 Å². The van der Waals surface area contributed by atoms with Crippen LogP contribution in [0.15, 0.2) is 12.3 Å². The molecule has 4 nitrogen and oxygen atoms in total. The number of aromatic amines is 1. The molecular formula is C9H13N3O. The van der Waals surface area contributed by atoms with E-state index < -0.39 is 0 Å². The second kappa shape index (κ2) is 3.60. The quantitative estimate of drug-likeness (QED) is 0.722. The van der Waals surface area contributed by atoms with Crippen LogP contribution in [0.3, 0.4) is 0 Å². The summed E-state index contributed by atoms with van der Waals surface area (Å²) in [6.07, 6.45) is 4.98. The lowest BCUT2D eigenvalue weighted by molar-refractivity contribution is -0.127. The minimum Gasteiger partial charge on any atom is -0.350 e. The third-order valence-electron chi connectivity index (χ3n) is 2.49. The van der Waals surface area contributed by atoms with Gasteiger partial charge in [-0.2, -0.15) is 5.10 Å². The van der Waals surface area contributed by atoms with Gasteiger partial charge in [0.1, 0.15) is 0 Å². The van der Waals surface area contributed by atoms with E-state index in [0.717, 1.165) is 18.5 Å². The van der Waals surface area contributed by atoms with Crippen molar-refractivity contribution in [2.75, 3.05) is 0 Å². The zero-order valence-corrected chi connectivity index (χ0v) is 7.42. The van der Waals surface area contributed by atoms with Gasteiger partial charge in [0.2, 0.25) is 5.91 Å². The lowest BCUT2D eigenvalue weighted by atomic mass is 9.85. The first-order valence-electron chi connectivity index (χ1n) is 4.62. The molecule has 0 atom stereocenters. The van der Waals surface area contributed by atoms with Gasteiger partial charge in [-0.25, -0.2) is 0 Å². The average Bonchev–Trinajstić information content (AvgIpc) is 2.49. The summed E-state index contributed by atoms with van der Waals surface area (Å²) in [5.41, 5.74) is 0.952. The fraction of sp³-hybridized carbons (Fsp3) is 0.556. The predicted octanol–water partition coefficient (Wildman–Crippen LogP) is 0.826. The maximum Gasteiger partial charge on any atom is 0.223 e. The highest BCUT2D eigenvalue weighted by Crippen LogP contribution is 2.26. The van der Waals surface area contributed by atoms with Crippen LogP contribution in [0.4, 0.5) is 0 Å². The van der Waals surface area contributed by atoms with E-state index in [1.165, 1.54) is 6.42 Å². The summed E-state index contributed by atoms with van der Waals surface area (Å²) in [7, 11) is 0. The molecule has 1 heterocycles. The van der Waals surface area contributed by atoms with Crippen molar-refractivity contribution in [2.24, 2.45) is 5.92 Å². The number of hydrogen-bond donors (Lipinski definition) is 2. The Bertz CT molecular complexity index is 277. The van der Waals surface area contributed by atoms with Crippen LogP contribution < -0.4 is 5.32 Å². The maximum absolute atomic E-state index is 11.4. The van der Waals surface area contributed by atoms with Crippen LogP contribution >= 0.6 is 0 Å². The van der Waals surface area contributed by atoms with E-state index in [4.69, 9.17) is 0 Å². The Morgan fingerprint density at radius 2 is 2.54 bits per heavy atom. The molecule has 0 bridgehead atoms. The van der Waals surface area contributed by atoms with Crippen molar-refractivity contribution >= 4 is 5.91 Å². The third-order valence-corrected chi connectivity index (χ3v) is 2.49. The zero-order chi connectivity index (χ0) is 9.10. The number of nitrogens with one attached hydrogen (secondary N) is 2. The van der Waals surface area contributed by atoms with E-state index in [1.54, 1.807) is 6.20 Å². The fourth-order valence-corrected chi connectivity index (χ4v) is 1.38. The Morgan fingerprint density at radius 3 is 3.08 bits per heavy atom. The summed E-state index contributed by atoms with van der Waals surface area (Å²) in [6.45, 7) is 0.565. The molecule has 1 amide bonds. The largest absolute Gasteiger partial charge is 0.350 e. The predicted molar refractivity (Wildman–Crippen MR) is 47.8 cm³/mol. The number of rotatable bonds is 3. The van der Waals surface area contributed by atoms with Gasteiger partial charge in [0.15, 0.2) is 0 Å². The van der Waals surface area contributed by atoms with Crippen molar-refractivity contribution in [3.05, 3.63) is 18.0 Å². The van der Waals surface area contributed by atoms with Gasteiger partial charge in [0, 0.05) is 12.1 Å². The molecule has 0 spiro atoms. The summed E-state index contributed by atoms with van der Waals surface area (Å²) in [5.74, 6) is 0.448. The van der Waals surface area contributed by atoms with Gasteiger partial charge in [-0.05, 0) is 18.9 Å². The molecule has 2 N–H and O–H groups in total. The zero-order valence-electron chi connectivity index (χ0n) is 7.42. The minimum absolute atomic E-state index is 0.181. The summed E-state index contributed by atoms with van der Waals surface area (Å²) >= 11 is 0. The van der Waals surface area contributed by atoms with Gasteiger partial charge in [-0.1, -0.05) is 6.42 Å². The molecule has 0 radical (unpaired) electrons. The van der Waals surface area contributed by atoms with E-state index in [0.29, 0.717) is 6.54 Å². The Kier molecular flexibility index (Phi) is 2.29. The van der Waals surface area contributed by atoms with Gasteiger partial charge < -0.3 is 5.32 Å². The monoisotopic (exact) mass is 179 g/mol. The Balaban J connectivity index is 1.76. The van der Waals surface area contributed by atoms with Crippen molar-refractivity contribution in [3.8, 4) is 0 Å². The van der Waals surface area contributed by atoms with Gasteiger partial charge in [-0.15, -0.1) is 0 Å². The van der Waals surface area contributed by atoms with Crippen LogP contribution in [0.25, 0.3) is 0 Å². The maximum atomic E-state index is 11.4. The van der Waals surface area contributed by atoms with Crippen LogP contribution in [-0.2, 0) is 11.3 Å². The molecule has 1 aromatic rings. The number of hydrogen-bond acceptors (Lipinski definition) is 2. The summed E-state index contributed by atoms with van der Waals surface area (Å²) in [5, 5.41) is 9.48. The normalized spacial score (nSPS) is 16.6. The SMILES string of the molecule is O=C(NCc1ccn[nH]1)C1CCC1. The lowest BCUT2D eigenvalue weighted by Gasteiger charge is -2.23. The number of amides is 1. The second-order valence-electron chi connectivity index (χ2n) is 3.43. The molecule has 1 fully saturated rings. The number of H-pyrrole nitrogens is 1. The molecular weight excluding hydrogens is 166 g/mol. The molecule has 1 saturated carbocycles. The van der Waals surface area contributed by atoms with Crippen LogP contribution in [0, 0.1) is 5.92 Å². The molecule has 70 valence electrons. The van der Waals surface area contributed by atoms with Crippen LogP contribution in [0.2, 0.25) is 0 Å². The van der Waals surface area contributed by atoms with Crippen molar-refractivity contribution < 1.29 is 4.79 Å². The van der Waals surface area contributed by atoms with Crippen molar-refractivity contribution in [1.29, 1.82) is 0 Å². The topological polar surface area (TPSA) is 57.8 Å². The Morgan fingerprint density at radius 1 is 1.69 bits per heavy atom. The Hall–Kier alpha value is -1.32. The highest BCUT2D eigenvalue weighted by atomic mass is 16.1. The van der Waals surface area contributed by atoms with Gasteiger partial charge in [-0.3, -0.25) is 9.89 Å². The molecule has 13 heavy (non-hydrogen) atoms. The van der Waals surface area contributed by atoms with E-state index >= 15 is 0 Å². The van der Waals surface area contributed by atoms with Crippen molar-refractivity contribution in [3.63, 3.8) is 0 Å². The summed E-state index contributed by atoms with van der Waals surface area (Å²) in [4.78, 5) is 11.4. The number of carbonyl (C=O) groups is 1. The van der Waals surface area contributed by atoms with Gasteiger partial charge >= 0.3 is 0 Å². The third kappa shape index (κ3) is 1.88. The first-order chi connectivity index (χ1) is 6.36. The summed E-state index contributed by atoms with van der Waals surface area (Å²) in [6, 6.07) is 1.86. The number of nitrogens with zero attached hydrogens (tertiary/aromatic N) is 1. The first-order valence-corrected chi connectivity index (χ1v) is 4.62. The molecule has 0 unspecified atom stereocenters. The van der Waals surface area contributed by atoms with Crippen LogP contribution in [0.1, 0.15) is 25.0 Å². The highest BCUT2D eigenvalue weighted by molar-refractivity contribution is 5.79. The molecule has 1 aliphatic carbocycles. The number of carbonyl (C=O) groups excluding carboxylic acids is 1. The minimum atomic E-state index is 0.181.